The molecule has 1 spiro atoms. The van der Waals surface area contributed by atoms with Crippen molar-refractivity contribution >= 4 is 32.4 Å². The van der Waals surface area contributed by atoms with Gasteiger partial charge >= 0.3 is 0 Å². The highest BCUT2D eigenvalue weighted by molar-refractivity contribution is 7.91. The van der Waals surface area contributed by atoms with Crippen molar-refractivity contribution in [2.45, 2.75) is 57.5 Å². The number of carbonyl (C=O) groups excluding carboxylic acids is 2. The van der Waals surface area contributed by atoms with Gasteiger partial charge in [0.2, 0.25) is 0 Å². The van der Waals surface area contributed by atoms with Gasteiger partial charge < -0.3 is 14.6 Å². The second-order valence-corrected chi connectivity index (χ2v) is 13.9. The first kappa shape index (κ1) is 24.2. The Morgan fingerprint density at radius 1 is 1.14 bits per heavy atom. The van der Waals surface area contributed by atoms with Crippen LogP contribution >= 0.6 is 0 Å². The van der Waals surface area contributed by atoms with E-state index in [1.807, 2.05) is 36.4 Å². The van der Waals surface area contributed by atoms with E-state index in [1.165, 1.54) is 0 Å². The summed E-state index contributed by atoms with van der Waals surface area (Å²) in [5.41, 5.74) is 3.76. The number of amides is 1. The third-order valence-corrected chi connectivity index (χ3v) is 10.2. The molecule has 1 unspecified atom stereocenters. The van der Waals surface area contributed by atoms with Gasteiger partial charge in [0.15, 0.2) is 15.6 Å². The van der Waals surface area contributed by atoms with Crippen LogP contribution < -0.4 is 10.1 Å². The molecule has 2 heterocycles. The number of hydrogen-bond donors (Lipinski definition) is 1. The van der Waals surface area contributed by atoms with Crippen molar-refractivity contribution in [2.24, 2.45) is 5.41 Å². The lowest BCUT2D eigenvalue weighted by Gasteiger charge is -2.36. The number of fused-ring (bicyclic) bond motifs is 3. The summed E-state index contributed by atoms with van der Waals surface area (Å²) in [4.78, 5) is 27.0. The fraction of sp³-hybridized carbons (Fsp3) is 0.448. The van der Waals surface area contributed by atoms with Crippen LogP contribution in [0.5, 0.6) is 5.75 Å². The molecule has 1 atom stereocenters. The SMILES string of the molecule is COc1ccc(Cn2c3c(c4cc(C(=O)NC5CCS(=O)(=O)C5)ccc42)C(C)(C)CC2(CC2)C3=O)cc1. The summed E-state index contributed by atoms with van der Waals surface area (Å²) in [6.45, 7) is 4.94. The Morgan fingerprint density at radius 2 is 1.86 bits per heavy atom. The van der Waals surface area contributed by atoms with Crippen molar-refractivity contribution in [1.29, 1.82) is 0 Å². The highest BCUT2D eigenvalue weighted by Crippen LogP contribution is 2.61. The number of ketones is 1. The van der Waals surface area contributed by atoms with E-state index in [9.17, 15) is 18.0 Å². The molecule has 1 aliphatic heterocycles. The van der Waals surface area contributed by atoms with Gasteiger partial charge in [-0.25, -0.2) is 8.42 Å². The Balaban J connectivity index is 1.45. The molecule has 0 radical (unpaired) electrons. The first-order valence-corrected chi connectivity index (χ1v) is 14.7. The molecule has 2 aliphatic carbocycles. The summed E-state index contributed by atoms with van der Waals surface area (Å²) in [5.74, 6) is 0.811. The standard InChI is InChI=1S/C29H32N2O5S/c1-28(2)17-29(11-12-29)26(32)25-24(28)22-14-19(27(33)30-20-10-13-37(34,35)16-20)6-9-23(22)31(25)15-18-4-7-21(36-3)8-5-18/h4-9,14,20H,10-13,15-17H2,1-3H3,(H,30,33). The maximum Gasteiger partial charge on any atom is 0.251 e. The average Bonchev–Trinajstić information content (AvgIpc) is 3.42. The Labute approximate surface area is 217 Å². The van der Waals surface area contributed by atoms with Crippen molar-refractivity contribution < 1.29 is 22.7 Å². The van der Waals surface area contributed by atoms with Crippen LogP contribution in [0.15, 0.2) is 42.5 Å². The molecule has 1 N–H and O–H groups in total. The number of benzene rings is 2. The highest BCUT2D eigenvalue weighted by atomic mass is 32.2. The zero-order valence-electron chi connectivity index (χ0n) is 21.5. The van der Waals surface area contributed by atoms with Crippen LogP contribution in [0.1, 0.15) is 71.5 Å². The molecule has 194 valence electrons. The van der Waals surface area contributed by atoms with Gasteiger partial charge in [-0.05, 0) is 72.6 Å². The minimum absolute atomic E-state index is 0.0156. The Kier molecular flexibility index (Phi) is 5.36. The van der Waals surface area contributed by atoms with E-state index in [1.54, 1.807) is 13.2 Å². The summed E-state index contributed by atoms with van der Waals surface area (Å²) < 4.78 is 31.1. The van der Waals surface area contributed by atoms with Gasteiger partial charge in [-0.15, -0.1) is 0 Å². The van der Waals surface area contributed by atoms with Crippen LogP contribution in [-0.4, -0.2) is 49.3 Å². The van der Waals surface area contributed by atoms with Gasteiger partial charge in [0, 0.05) is 34.5 Å². The second kappa shape index (κ2) is 8.18. The predicted octanol–water partition coefficient (Wildman–Crippen LogP) is 4.26. The lowest BCUT2D eigenvalue weighted by Crippen LogP contribution is -2.36. The van der Waals surface area contributed by atoms with Gasteiger partial charge in [-0.2, -0.15) is 0 Å². The number of methoxy groups -OCH3 is 1. The summed E-state index contributed by atoms with van der Waals surface area (Å²) in [6.07, 6.45) is 3.10. The predicted molar refractivity (Wildman–Crippen MR) is 142 cm³/mol. The van der Waals surface area contributed by atoms with Crippen molar-refractivity contribution in [1.82, 2.24) is 9.88 Å². The van der Waals surface area contributed by atoms with Crippen molar-refractivity contribution in [2.75, 3.05) is 18.6 Å². The first-order chi connectivity index (χ1) is 17.5. The molecular formula is C29H32N2O5S. The summed E-state index contributed by atoms with van der Waals surface area (Å²) in [7, 11) is -1.45. The molecule has 6 rings (SSSR count). The van der Waals surface area contributed by atoms with Gasteiger partial charge in [0.25, 0.3) is 5.91 Å². The fourth-order valence-electron chi connectivity index (χ4n) is 6.49. The summed E-state index contributed by atoms with van der Waals surface area (Å²) >= 11 is 0. The molecule has 7 nitrogen and oxygen atoms in total. The van der Waals surface area contributed by atoms with Crippen LogP contribution in [0.4, 0.5) is 0 Å². The average molecular weight is 521 g/mol. The van der Waals surface area contributed by atoms with Crippen LogP contribution in [-0.2, 0) is 21.8 Å². The van der Waals surface area contributed by atoms with Gasteiger partial charge in [0.05, 0.1) is 24.3 Å². The highest BCUT2D eigenvalue weighted by Gasteiger charge is 2.58. The van der Waals surface area contributed by atoms with E-state index in [0.717, 1.165) is 52.7 Å². The number of aromatic nitrogens is 1. The van der Waals surface area contributed by atoms with Crippen molar-refractivity contribution in [3.63, 3.8) is 0 Å². The van der Waals surface area contributed by atoms with E-state index in [-0.39, 0.29) is 40.1 Å². The van der Waals surface area contributed by atoms with E-state index < -0.39 is 9.84 Å². The zero-order valence-corrected chi connectivity index (χ0v) is 22.3. The number of hydrogen-bond acceptors (Lipinski definition) is 5. The van der Waals surface area contributed by atoms with Crippen LogP contribution in [0, 0.1) is 5.41 Å². The van der Waals surface area contributed by atoms with E-state index in [2.05, 4.69) is 23.7 Å². The van der Waals surface area contributed by atoms with E-state index >= 15 is 0 Å². The second-order valence-electron chi connectivity index (χ2n) is 11.6. The Bertz CT molecular complexity index is 1550. The van der Waals surface area contributed by atoms with Crippen LogP contribution in [0.3, 0.4) is 0 Å². The minimum atomic E-state index is -3.09. The normalized spacial score (nSPS) is 22.7. The molecule has 2 fully saturated rings. The fourth-order valence-corrected chi connectivity index (χ4v) is 8.17. The third kappa shape index (κ3) is 4.06. The molecule has 3 aliphatic rings. The van der Waals surface area contributed by atoms with Crippen LogP contribution in [0.25, 0.3) is 10.9 Å². The number of carbonyl (C=O) groups is 2. The molecule has 2 aromatic carbocycles. The number of ether oxygens (including phenoxy) is 1. The molecule has 1 amide bonds. The van der Waals surface area contributed by atoms with Gasteiger partial charge in [0.1, 0.15) is 5.75 Å². The maximum atomic E-state index is 13.9. The monoisotopic (exact) mass is 520 g/mol. The number of rotatable bonds is 5. The number of Topliss-reactive ketones (excluding diaryl/α,β-unsaturated/α-hetero) is 1. The topological polar surface area (TPSA) is 94.5 Å². The lowest BCUT2D eigenvalue weighted by atomic mass is 9.67. The van der Waals surface area contributed by atoms with Crippen LogP contribution in [0.2, 0.25) is 0 Å². The number of sulfone groups is 1. The van der Waals surface area contributed by atoms with E-state index in [4.69, 9.17) is 4.74 Å². The first-order valence-electron chi connectivity index (χ1n) is 12.9. The summed E-state index contributed by atoms with van der Waals surface area (Å²) in [5, 5.41) is 3.82. The van der Waals surface area contributed by atoms with Crippen molar-refractivity contribution in [3.05, 3.63) is 64.8 Å². The molecule has 1 aromatic heterocycles. The van der Waals surface area contributed by atoms with Crippen molar-refractivity contribution in [3.8, 4) is 5.75 Å². The molecule has 1 saturated heterocycles. The van der Waals surface area contributed by atoms with E-state index in [0.29, 0.717) is 18.5 Å². The minimum Gasteiger partial charge on any atom is -0.497 e. The summed E-state index contributed by atoms with van der Waals surface area (Å²) in [6, 6.07) is 13.1. The third-order valence-electron chi connectivity index (χ3n) is 8.40. The smallest absolute Gasteiger partial charge is 0.251 e. The molecule has 8 heteroatoms. The Morgan fingerprint density at radius 3 is 2.49 bits per heavy atom. The number of nitrogens with zero attached hydrogens (tertiary/aromatic N) is 1. The molecule has 1 saturated carbocycles. The molecule has 0 bridgehead atoms. The molecular weight excluding hydrogens is 488 g/mol. The number of nitrogens with one attached hydrogen (secondary N) is 1. The maximum absolute atomic E-state index is 13.9. The van der Waals surface area contributed by atoms with Gasteiger partial charge in [-0.1, -0.05) is 26.0 Å². The Hall–Kier alpha value is -3.13. The zero-order chi connectivity index (χ0) is 26.2. The molecule has 37 heavy (non-hydrogen) atoms. The van der Waals surface area contributed by atoms with Gasteiger partial charge in [-0.3, -0.25) is 9.59 Å². The lowest BCUT2D eigenvalue weighted by molar-refractivity contribution is 0.0838. The largest absolute Gasteiger partial charge is 0.497 e. The molecule has 3 aromatic rings. The quantitative estimate of drug-likeness (QED) is 0.543.